The van der Waals surface area contributed by atoms with Crippen LogP contribution >= 0.6 is 15.9 Å². The number of halogens is 2. The van der Waals surface area contributed by atoms with Crippen LogP contribution in [0.25, 0.3) is 0 Å². The van der Waals surface area contributed by atoms with Crippen molar-refractivity contribution in [3.8, 4) is 0 Å². The lowest BCUT2D eigenvalue weighted by Gasteiger charge is -2.14. The summed E-state index contributed by atoms with van der Waals surface area (Å²) in [6.07, 6.45) is 0.759. The number of hydrogen-bond acceptors (Lipinski definition) is 2. The second kappa shape index (κ2) is 4.69. The van der Waals surface area contributed by atoms with Gasteiger partial charge in [0, 0.05) is 16.1 Å². The molecule has 0 aliphatic rings. The minimum atomic E-state index is -0.237. The van der Waals surface area contributed by atoms with E-state index in [0.29, 0.717) is 5.56 Å². The standard InChI is InChI=1S/C9H12BrFN2/c1-2-9(13-12)7-4-3-6(10)5-8(7)11/h3-5,9,13H,2,12H2,1H3. The molecule has 1 aromatic carbocycles. The van der Waals surface area contributed by atoms with Gasteiger partial charge in [0.15, 0.2) is 0 Å². The lowest BCUT2D eigenvalue weighted by molar-refractivity contribution is 0.501. The average Bonchev–Trinajstić information content (AvgIpc) is 2.10. The van der Waals surface area contributed by atoms with E-state index in [1.54, 1.807) is 12.1 Å². The average molecular weight is 247 g/mol. The van der Waals surface area contributed by atoms with Crippen molar-refractivity contribution in [1.82, 2.24) is 5.43 Å². The molecule has 72 valence electrons. The summed E-state index contributed by atoms with van der Waals surface area (Å²) < 4.78 is 14.1. The van der Waals surface area contributed by atoms with E-state index in [1.807, 2.05) is 6.92 Å². The third kappa shape index (κ3) is 2.49. The van der Waals surface area contributed by atoms with Crippen LogP contribution in [0.3, 0.4) is 0 Å². The molecule has 0 fully saturated rings. The largest absolute Gasteiger partial charge is 0.271 e. The summed E-state index contributed by atoms with van der Waals surface area (Å²) in [5.74, 6) is 5.06. The van der Waals surface area contributed by atoms with Crippen LogP contribution in [0.2, 0.25) is 0 Å². The number of rotatable bonds is 3. The maximum absolute atomic E-state index is 13.3. The Hall–Kier alpha value is -0.450. The van der Waals surface area contributed by atoms with E-state index < -0.39 is 0 Å². The first-order valence-corrected chi connectivity index (χ1v) is 4.89. The fraction of sp³-hybridized carbons (Fsp3) is 0.333. The molecular formula is C9H12BrFN2. The Morgan fingerprint density at radius 1 is 1.62 bits per heavy atom. The molecule has 2 nitrogen and oxygen atoms in total. The van der Waals surface area contributed by atoms with Crippen LogP contribution < -0.4 is 11.3 Å². The highest BCUT2D eigenvalue weighted by Crippen LogP contribution is 2.22. The molecule has 13 heavy (non-hydrogen) atoms. The molecule has 1 atom stereocenters. The Balaban J connectivity index is 2.99. The van der Waals surface area contributed by atoms with E-state index in [1.165, 1.54) is 6.07 Å². The molecule has 0 heterocycles. The number of hydrazine groups is 1. The maximum atomic E-state index is 13.3. The van der Waals surface area contributed by atoms with Gasteiger partial charge in [0.2, 0.25) is 0 Å². The third-order valence-electron chi connectivity index (χ3n) is 1.95. The highest BCUT2D eigenvalue weighted by molar-refractivity contribution is 9.10. The summed E-state index contributed by atoms with van der Waals surface area (Å²) in [4.78, 5) is 0. The van der Waals surface area contributed by atoms with Crippen LogP contribution in [0.4, 0.5) is 4.39 Å². The lowest BCUT2D eigenvalue weighted by atomic mass is 10.1. The molecule has 0 radical (unpaired) electrons. The SMILES string of the molecule is CCC(NN)c1ccc(Br)cc1F. The van der Waals surface area contributed by atoms with Crippen LogP contribution in [0.1, 0.15) is 24.9 Å². The monoisotopic (exact) mass is 246 g/mol. The van der Waals surface area contributed by atoms with Gasteiger partial charge < -0.3 is 0 Å². The Kier molecular flexibility index (Phi) is 3.84. The smallest absolute Gasteiger partial charge is 0.129 e. The van der Waals surface area contributed by atoms with Crippen LogP contribution in [-0.4, -0.2) is 0 Å². The molecule has 0 aromatic heterocycles. The maximum Gasteiger partial charge on any atom is 0.129 e. The zero-order valence-corrected chi connectivity index (χ0v) is 8.94. The van der Waals surface area contributed by atoms with Gasteiger partial charge in [-0.05, 0) is 18.6 Å². The van der Waals surface area contributed by atoms with Gasteiger partial charge in [-0.25, -0.2) is 4.39 Å². The van der Waals surface area contributed by atoms with E-state index in [9.17, 15) is 4.39 Å². The van der Waals surface area contributed by atoms with E-state index in [-0.39, 0.29) is 11.9 Å². The summed E-state index contributed by atoms with van der Waals surface area (Å²) in [5, 5.41) is 0. The molecule has 0 aliphatic carbocycles. The molecule has 0 saturated heterocycles. The number of benzene rings is 1. The van der Waals surface area contributed by atoms with Gasteiger partial charge in [-0.1, -0.05) is 28.9 Å². The van der Waals surface area contributed by atoms with Crippen molar-refractivity contribution in [1.29, 1.82) is 0 Å². The highest BCUT2D eigenvalue weighted by atomic mass is 79.9. The molecule has 1 aromatic rings. The second-order valence-corrected chi connectivity index (χ2v) is 3.71. The van der Waals surface area contributed by atoms with Crippen LogP contribution in [0.5, 0.6) is 0 Å². The lowest BCUT2D eigenvalue weighted by Crippen LogP contribution is -2.28. The van der Waals surface area contributed by atoms with Crippen molar-refractivity contribution >= 4 is 15.9 Å². The predicted molar refractivity (Wildman–Crippen MR) is 54.5 cm³/mol. The van der Waals surface area contributed by atoms with Gasteiger partial charge in [0.05, 0.1) is 0 Å². The number of nitrogens with two attached hydrogens (primary N) is 1. The van der Waals surface area contributed by atoms with Crippen molar-refractivity contribution in [2.45, 2.75) is 19.4 Å². The van der Waals surface area contributed by atoms with Crippen molar-refractivity contribution < 1.29 is 4.39 Å². The van der Waals surface area contributed by atoms with Gasteiger partial charge in [0.1, 0.15) is 5.82 Å². The zero-order chi connectivity index (χ0) is 9.84. The first-order valence-electron chi connectivity index (χ1n) is 4.10. The first kappa shape index (κ1) is 10.6. The summed E-state index contributed by atoms with van der Waals surface area (Å²) in [6, 6.07) is 4.86. The van der Waals surface area contributed by atoms with Crippen molar-refractivity contribution in [3.63, 3.8) is 0 Å². The summed E-state index contributed by atoms with van der Waals surface area (Å²) in [7, 11) is 0. The number of hydrogen-bond donors (Lipinski definition) is 2. The molecule has 1 unspecified atom stereocenters. The molecule has 3 N–H and O–H groups in total. The topological polar surface area (TPSA) is 38.0 Å². The van der Waals surface area contributed by atoms with E-state index in [2.05, 4.69) is 21.4 Å². The van der Waals surface area contributed by atoms with Crippen molar-refractivity contribution in [3.05, 3.63) is 34.1 Å². The summed E-state index contributed by atoms with van der Waals surface area (Å²) in [5.41, 5.74) is 3.18. The van der Waals surface area contributed by atoms with Gasteiger partial charge in [0.25, 0.3) is 0 Å². The molecule has 0 saturated carbocycles. The molecule has 0 amide bonds. The second-order valence-electron chi connectivity index (χ2n) is 2.79. The van der Waals surface area contributed by atoms with Crippen LogP contribution in [0, 0.1) is 5.82 Å². The first-order chi connectivity index (χ1) is 6.19. The zero-order valence-electron chi connectivity index (χ0n) is 7.35. The van der Waals surface area contributed by atoms with E-state index in [0.717, 1.165) is 10.9 Å². The molecular weight excluding hydrogens is 235 g/mol. The Bertz CT molecular complexity index is 287. The fourth-order valence-corrected chi connectivity index (χ4v) is 1.54. The fourth-order valence-electron chi connectivity index (χ4n) is 1.21. The summed E-state index contributed by atoms with van der Waals surface area (Å²) in [6.45, 7) is 1.95. The molecule has 4 heteroatoms. The Morgan fingerprint density at radius 2 is 2.31 bits per heavy atom. The predicted octanol–water partition coefficient (Wildman–Crippen LogP) is 2.50. The molecule has 0 spiro atoms. The van der Waals surface area contributed by atoms with E-state index in [4.69, 9.17) is 5.84 Å². The van der Waals surface area contributed by atoms with E-state index >= 15 is 0 Å². The molecule has 0 bridgehead atoms. The van der Waals surface area contributed by atoms with Crippen LogP contribution in [0.15, 0.2) is 22.7 Å². The van der Waals surface area contributed by atoms with Gasteiger partial charge in [-0.15, -0.1) is 0 Å². The van der Waals surface area contributed by atoms with Gasteiger partial charge in [-0.3, -0.25) is 11.3 Å². The van der Waals surface area contributed by atoms with Crippen molar-refractivity contribution in [2.24, 2.45) is 5.84 Å². The van der Waals surface area contributed by atoms with Crippen LogP contribution in [-0.2, 0) is 0 Å². The van der Waals surface area contributed by atoms with Crippen molar-refractivity contribution in [2.75, 3.05) is 0 Å². The summed E-state index contributed by atoms with van der Waals surface area (Å²) >= 11 is 3.20. The molecule has 1 rings (SSSR count). The van der Waals surface area contributed by atoms with Gasteiger partial charge in [-0.2, -0.15) is 0 Å². The third-order valence-corrected chi connectivity index (χ3v) is 2.44. The van der Waals surface area contributed by atoms with Gasteiger partial charge >= 0.3 is 0 Å². The minimum Gasteiger partial charge on any atom is -0.271 e. The highest BCUT2D eigenvalue weighted by Gasteiger charge is 2.11. The molecule has 0 aliphatic heterocycles. The normalized spacial score (nSPS) is 12.9. The Labute approximate surface area is 85.4 Å². The quantitative estimate of drug-likeness (QED) is 0.636. The number of nitrogens with one attached hydrogen (secondary N) is 1. The Morgan fingerprint density at radius 3 is 2.77 bits per heavy atom. The minimum absolute atomic E-state index is 0.118.